The van der Waals surface area contributed by atoms with Crippen LogP contribution in [0, 0.1) is 13.8 Å². The SMILES string of the molecule is CSc1cc(C)c(OC(=O)N2CCCCC2)cc1C. The minimum atomic E-state index is -0.209. The Morgan fingerprint density at radius 3 is 2.47 bits per heavy atom. The molecule has 0 bridgehead atoms. The van der Waals surface area contributed by atoms with Gasteiger partial charge in [0.05, 0.1) is 0 Å². The predicted octanol–water partition coefficient (Wildman–Crippen LogP) is 4.01. The number of rotatable bonds is 2. The molecule has 0 saturated carbocycles. The van der Waals surface area contributed by atoms with Gasteiger partial charge in [0.15, 0.2) is 0 Å². The number of carbonyl (C=O) groups is 1. The molecule has 1 heterocycles. The van der Waals surface area contributed by atoms with Crippen LogP contribution in [-0.2, 0) is 0 Å². The van der Waals surface area contributed by atoms with Crippen LogP contribution in [-0.4, -0.2) is 30.3 Å². The molecule has 0 radical (unpaired) electrons. The Morgan fingerprint density at radius 1 is 1.16 bits per heavy atom. The van der Waals surface area contributed by atoms with Crippen LogP contribution in [0.1, 0.15) is 30.4 Å². The summed E-state index contributed by atoms with van der Waals surface area (Å²) in [5.41, 5.74) is 2.17. The van der Waals surface area contributed by atoms with Crippen molar-refractivity contribution in [2.24, 2.45) is 0 Å². The van der Waals surface area contributed by atoms with E-state index in [4.69, 9.17) is 4.74 Å². The number of benzene rings is 1. The molecule has 0 N–H and O–H groups in total. The van der Waals surface area contributed by atoms with E-state index in [9.17, 15) is 4.79 Å². The predicted molar refractivity (Wildman–Crippen MR) is 79.1 cm³/mol. The lowest BCUT2D eigenvalue weighted by molar-refractivity contribution is 0.142. The van der Waals surface area contributed by atoms with Crippen molar-refractivity contribution < 1.29 is 9.53 Å². The fourth-order valence-electron chi connectivity index (χ4n) is 2.33. The van der Waals surface area contributed by atoms with Crippen molar-refractivity contribution in [1.29, 1.82) is 0 Å². The molecule has 1 aromatic rings. The highest BCUT2D eigenvalue weighted by molar-refractivity contribution is 7.98. The molecule has 0 aliphatic carbocycles. The molecule has 104 valence electrons. The van der Waals surface area contributed by atoms with Gasteiger partial charge in [-0.05, 0) is 62.6 Å². The largest absolute Gasteiger partial charge is 0.415 e. The van der Waals surface area contributed by atoms with Gasteiger partial charge < -0.3 is 9.64 Å². The molecule has 1 aliphatic rings. The minimum absolute atomic E-state index is 0.209. The summed E-state index contributed by atoms with van der Waals surface area (Å²) < 4.78 is 5.54. The first-order chi connectivity index (χ1) is 9.11. The van der Waals surface area contributed by atoms with Gasteiger partial charge >= 0.3 is 6.09 Å². The normalized spacial score (nSPS) is 15.4. The summed E-state index contributed by atoms with van der Waals surface area (Å²) in [5.74, 6) is 0.686. The molecule has 1 aliphatic heterocycles. The van der Waals surface area contributed by atoms with Crippen molar-refractivity contribution in [3.05, 3.63) is 23.3 Å². The zero-order chi connectivity index (χ0) is 13.8. The number of piperidine rings is 1. The minimum Gasteiger partial charge on any atom is -0.410 e. The molecule has 19 heavy (non-hydrogen) atoms. The van der Waals surface area contributed by atoms with E-state index in [0.717, 1.165) is 37.1 Å². The van der Waals surface area contributed by atoms with Gasteiger partial charge in [0, 0.05) is 18.0 Å². The number of hydrogen-bond donors (Lipinski definition) is 0. The summed E-state index contributed by atoms with van der Waals surface area (Å²) in [4.78, 5) is 15.1. The summed E-state index contributed by atoms with van der Waals surface area (Å²) in [5, 5.41) is 0. The third-order valence-electron chi connectivity index (χ3n) is 3.50. The van der Waals surface area contributed by atoms with Crippen molar-refractivity contribution in [2.45, 2.75) is 38.0 Å². The number of hydrogen-bond acceptors (Lipinski definition) is 3. The molecule has 0 aromatic heterocycles. The lowest BCUT2D eigenvalue weighted by atomic mass is 10.1. The summed E-state index contributed by atoms with van der Waals surface area (Å²) in [6, 6.07) is 4.04. The number of nitrogens with zero attached hydrogens (tertiary/aromatic N) is 1. The van der Waals surface area contributed by atoms with Crippen LogP contribution < -0.4 is 4.74 Å². The molecular formula is C15H21NO2S. The summed E-state index contributed by atoms with van der Waals surface area (Å²) in [7, 11) is 0. The summed E-state index contributed by atoms with van der Waals surface area (Å²) >= 11 is 1.71. The van der Waals surface area contributed by atoms with Crippen molar-refractivity contribution >= 4 is 17.9 Å². The van der Waals surface area contributed by atoms with Gasteiger partial charge in [0.25, 0.3) is 0 Å². The van der Waals surface area contributed by atoms with E-state index in [1.807, 2.05) is 19.9 Å². The van der Waals surface area contributed by atoms with E-state index in [1.165, 1.54) is 11.3 Å². The van der Waals surface area contributed by atoms with Crippen LogP contribution in [0.4, 0.5) is 4.79 Å². The Bertz CT molecular complexity index is 467. The first kappa shape index (κ1) is 14.3. The molecular weight excluding hydrogens is 258 g/mol. The quantitative estimate of drug-likeness (QED) is 0.766. The Labute approximate surface area is 119 Å². The summed E-state index contributed by atoms with van der Waals surface area (Å²) in [6.45, 7) is 5.67. The Morgan fingerprint density at radius 2 is 1.84 bits per heavy atom. The molecule has 1 aromatic carbocycles. The third kappa shape index (κ3) is 3.44. The molecule has 3 nitrogen and oxygen atoms in total. The number of likely N-dealkylation sites (tertiary alicyclic amines) is 1. The van der Waals surface area contributed by atoms with Crippen LogP contribution in [0.3, 0.4) is 0 Å². The second kappa shape index (κ2) is 6.33. The fraction of sp³-hybridized carbons (Fsp3) is 0.533. The maximum absolute atomic E-state index is 12.1. The van der Waals surface area contributed by atoms with Crippen LogP contribution in [0.25, 0.3) is 0 Å². The topological polar surface area (TPSA) is 29.5 Å². The number of ether oxygens (including phenoxy) is 1. The van der Waals surface area contributed by atoms with Gasteiger partial charge in [-0.25, -0.2) is 4.79 Å². The lowest BCUT2D eigenvalue weighted by Gasteiger charge is -2.26. The first-order valence-electron chi connectivity index (χ1n) is 6.74. The zero-order valence-electron chi connectivity index (χ0n) is 11.9. The van der Waals surface area contributed by atoms with E-state index in [1.54, 1.807) is 16.7 Å². The van der Waals surface area contributed by atoms with E-state index in [2.05, 4.69) is 12.3 Å². The highest BCUT2D eigenvalue weighted by atomic mass is 32.2. The number of amides is 1. The fourth-order valence-corrected chi connectivity index (χ4v) is 3.00. The molecule has 0 spiro atoms. The number of thioether (sulfide) groups is 1. The number of carbonyl (C=O) groups excluding carboxylic acids is 1. The molecule has 4 heteroatoms. The van der Waals surface area contributed by atoms with E-state index >= 15 is 0 Å². The zero-order valence-corrected chi connectivity index (χ0v) is 12.7. The molecule has 1 amide bonds. The third-order valence-corrected chi connectivity index (χ3v) is 4.38. The van der Waals surface area contributed by atoms with E-state index in [0.29, 0.717) is 5.75 Å². The van der Waals surface area contributed by atoms with Gasteiger partial charge in [-0.1, -0.05) is 0 Å². The van der Waals surface area contributed by atoms with E-state index < -0.39 is 0 Å². The van der Waals surface area contributed by atoms with Gasteiger partial charge in [-0.3, -0.25) is 0 Å². The molecule has 2 rings (SSSR count). The van der Waals surface area contributed by atoms with Crippen LogP contribution >= 0.6 is 11.8 Å². The van der Waals surface area contributed by atoms with E-state index in [-0.39, 0.29) is 6.09 Å². The van der Waals surface area contributed by atoms with Gasteiger partial charge in [-0.15, -0.1) is 11.8 Å². The standard InChI is InChI=1S/C15H21NO2S/c1-11-10-14(19-3)12(2)9-13(11)18-15(17)16-7-5-4-6-8-16/h9-10H,4-8H2,1-3H3. The van der Waals surface area contributed by atoms with Gasteiger partial charge in [0.1, 0.15) is 5.75 Å². The van der Waals surface area contributed by atoms with Gasteiger partial charge in [0.2, 0.25) is 0 Å². The average molecular weight is 279 g/mol. The lowest BCUT2D eigenvalue weighted by Crippen LogP contribution is -2.37. The van der Waals surface area contributed by atoms with Crippen molar-refractivity contribution in [3.8, 4) is 5.75 Å². The Hall–Kier alpha value is -1.16. The molecule has 1 saturated heterocycles. The Balaban J connectivity index is 2.10. The van der Waals surface area contributed by atoms with Gasteiger partial charge in [-0.2, -0.15) is 0 Å². The number of aryl methyl sites for hydroxylation is 2. The highest BCUT2D eigenvalue weighted by Gasteiger charge is 2.19. The monoisotopic (exact) mass is 279 g/mol. The van der Waals surface area contributed by atoms with Crippen molar-refractivity contribution in [1.82, 2.24) is 4.90 Å². The highest BCUT2D eigenvalue weighted by Crippen LogP contribution is 2.28. The second-order valence-electron chi connectivity index (χ2n) is 5.00. The molecule has 0 unspecified atom stereocenters. The molecule has 1 fully saturated rings. The van der Waals surface area contributed by atoms with Crippen LogP contribution in [0.15, 0.2) is 17.0 Å². The Kier molecular flexibility index (Phi) is 4.75. The molecule has 0 atom stereocenters. The average Bonchev–Trinajstić information content (AvgIpc) is 2.43. The maximum Gasteiger partial charge on any atom is 0.415 e. The maximum atomic E-state index is 12.1. The first-order valence-corrected chi connectivity index (χ1v) is 7.96. The summed E-state index contributed by atoms with van der Waals surface area (Å²) in [6.07, 6.45) is 5.22. The van der Waals surface area contributed by atoms with Crippen LogP contribution in [0.2, 0.25) is 0 Å². The van der Waals surface area contributed by atoms with Crippen molar-refractivity contribution in [3.63, 3.8) is 0 Å². The van der Waals surface area contributed by atoms with Crippen LogP contribution in [0.5, 0.6) is 5.75 Å². The second-order valence-corrected chi connectivity index (χ2v) is 5.85. The smallest absolute Gasteiger partial charge is 0.410 e. The van der Waals surface area contributed by atoms with Crippen molar-refractivity contribution in [2.75, 3.05) is 19.3 Å².